The van der Waals surface area contributed by atoms with Crippen molar-refractivity contribution in [1.29, 1.82) is 0 Å². The van der Waals surface area contributed by atoms with Gasteiger partial charge < -0.3 is 4.74 Å². The Hall–Kier alpha value is -0.960. The summed E-state index contributed by atoms with van der Waals surface area (Å²) in [6.45, 7) is 0. The topological polar surface area (TPSA) is 9.23 Å². The molecule has 0 amide bonds. The molecule has 0 saturated carbocycles. The molecule has 0 fully saturated rings. The number of alkyl halides is 18. The van der Waals surface area contributed by atoms with Crippen LogP contribution in [-0.2, 0) is 4.74 Å². The van der Waals surface area contributed by atoms with Gasteiger partial charge in [-0.3, -0.25) is 0 Å². The van der Waals surface area contributed by atoms with Crippen LogP contribution < -0.4 is 0 Å². The van der Waals surface area contributed by atoms with Gasteiger partial charge in [-0.05, 0) is 7.92 Å². The van der Waals surface area contributed by atoms with Gasteiger partial charge in [0.2, 0.25) is 5.34 Å². The molecule has 0 aromatic heterocycles. The van der Waals surface area contributed by atoms with Crippen LogP contribution in [-0.4, -0.2) is 55.2 Å². The number of hydrogen-bond acceptors (Lipinski definition) is 1. The highest BCUT2D eigenvalue weighted by Crippen LogP contribution is 2.92. The summed E-state index contributed by atoms with van der Waals surface area (Å²) in [7, 11) is -12.8. The first-order valence-electron chi connectivity index (χ1n) is 7.72. The second kappa shape index (κ2) is 7.77. The van der Waals surface area contributed by atoms with Crippen LogP contribution in [0.5, 0.6) is 0 Å². The molecule has 0 radical (unpaired) electrons. The molecule has 3 aliphatic heterocycles. The number of ether oxygens (including phenoxy) is 1. The third-order valence-corrected chi connectivity index (χ3v) is 11.3. The highest BCUT2D eigenvalue weighted by Gasteiger charge is 2.84. The monoisotopic (exact) mass is 580 g/mol. The van der Waals surface area contributed by atoms with Crippen LogP contribution >= 0.6 is 15.8 Å². The summed E-state index contributed by atoms with van der Waals surface area (Å²) >= 11 is 0. The van der Waals surface area contributed by atoms with Crippen molar-refractivity contribution in [2.75, 3.05) is 7.11 Å². The zero-order chi connectivity index (χ0) is 27.2. The minimum atomic E-state index is -6.94. The zero-order valence-electron chi connectivity index (χ0n) is 15.2. The van der Waals surface area contributed by atoms with E-state index in [1.807, 2.05) is 0 Å². The van der Waals surface area contributed by atoms with Crippen molar-refractivity contribution < 1.29 is 83.8 Å². The Balaban J connectivity index is 3.40. The Morgan fingerprint density at radius 1 is 0.559 bits per heavy atom. The van der Waals surface area contributed by atoms with Crippen molar-refractivity contribution in [3.8, 4) is 0 Å². The number of halogens is 18. The lowest BCUT2D eigenvalue weighted by molar-refractivity contribution is -0.265. The second-order valence-corrected chi connectivity index (χ2v) is 10.8. The average Bonchev–Trinajstić information content (AvgIpc) is 2.53. The van der Waals surface area contributed by atoms with Gasteiger partial charge in [-0.1, -0.05) is 0 Å². The molecule has 3 aliphatic rings. The van der Waals surface area contributed by atoms with E-state index >= 15 is 0 Å². The highest BCUT2D eigenvalue weighted by atomic mass is 31.1. The van der Waals surface area contributed by atoms with E-state index in [2.05, 4.69) is 4.74 Å². The van der Waals surface area contributed by atoms with Gasteiger partial charge in [-0.2, -0.15) is 79.0 Å². The maximum absolute atomic E-state index is 13.9. The van der Waals surface area contributed by atoms with Crippen molar-refractivity contribution in [3.05, 3.63) is 21.3 Å². The lowest BCUT2D eigenvalue weighted by Crippen LogP contribution is -2.63. The molecule has 3 rings (SSSR count). The van der Waals surface area contributed by atoms with E-state index in [0.29, 0.717) is 0 Å². The Morgan fingerprint density at radius 3 is 1.03 bits per heavy atom. The molecule has 1 nitrogen and oxygen atoms in total. The maximum atomic E-state index is 13.9. The summed E-state index contributed by atoms with van der Waals surface area (Å²) < 4.78 is 248. The van der Waals surface area contributed by atoms with Crippen LogP contribution in [0.25, 0.3) is 0 Å². The Labute approximate surface area is 177 Å². The highest BCUT2D eigenvalue weighted by molar-refractivity contribution is 7.79. The normalized spacial score (nSPS) is 29.9. The molecular formula is C13H4F18OP2. The molecule has 3 heterocycles. The van der Waals surface area contributed by atoms with Crippen molar-refractivity contribution in [3.63, 3.8) is 0 Å². The van der Waals surface area contributed by atoms with E-state index in [1.165, 1.54) is 0 Å². The Bertz CT molecular complexity index is 844. The third kappa shape index (κ3) is 4.27. The number of hydrogen-bond donors (Lipinski definition) is 0. The molecule has 198 valence electrons. The minimum absolute atomic E-state index is 0.478. The minimum Gasteiger partial charge on any atom is -0.363 e. The van der Waals surface area contributed by atoms with E-state index in [4.69, 9.17) is 0 Å². The second-order valence-electron chi connectivity index (χ2n) is 6.43. The van der Waals surface area contributed by atoms with Crippen LogP contribution in [0.15, 0.2) is 21.3 Å². The summed E-state index contributed by atoms with van der Waals surface area (Å²) in [5.41, 5.74) is -5.09. The van der Waals surface area contributed by atoms with Crippen molar-refractivity contribution >= 4 is 15.8 Å². The fourth-order valence-corrected chi connectivity index (χ4v) is 11.3. The molecular weight excluding hydrogens is 576 g/mol. The zero-order valence-corrected chi connectivity index (χ0v) is 17.0. The fourth-order valence-electron chi connectivity index (χ4n) is 3.58. The average molecular weight is 580 g/mol. The summed E-state index contributed by atoms with van der Waals surface area (Å²) in [6.07, 6.45) is -41.1. The molecule has 0 saturated heterocycles. The van der Waals surface area contributed by atoms with Crippen LogP contribution in [0.2, 0.25) is 0 Å². The molecule has 0 spiro atoms. The van der Waals surface area contributed by atoms with E-state index < -0.39 is 92.3 Å². The molecule has 2 atom stereocenters. The van der Waals surface area contributed by atoms with Gasteiger partial charge in [0.05, 0.1) is 21.3 Å². The van der Waals surface area contributed by atoms with Crippen molar-refractivity contribution in [2.45, 2.75) is 48.1 Å². The van der Waals surface area contributed by atoms with Crippen LogP contribution in [0, 0.1) is 0 Å². The Kier molecular flexibility index (Phi) is 6.69. The van der Waals surface area contributed by atoms with Crippen LogP contribution in [0.3, 0.4) is 0 Å². The lowest BCUT2D eigenvalue weighted by atomic mass is 10.2. The molecule has 34 heavy (non-hydrogen) atoms. The van der Waals surface area contributed by atoms with Gasteiger partial charge in [-0.15, -0.1) is 0 Å². The van der Waals surface area contributed by atoms with Crippen molar-refractivity contribution in [2.24, 2.45) is 0 Å². The SMILES string of the molecule is CO[C@@]1(C(F)(F)F)[C@H](C(F)(F)F)P2C(C(F)(F)F)=C(C(F)(F)F)P1C(C(F)(F)F)=C2C(F)(F)F. The van der Waals surface area contributed by atoms with E-state index in [0.717, 1.165) is 0 Å². The molecule has 21 heteroatoms. The first kappa shape index (κ1) is 29.3. The molecule has 0 unspecified atom stereocenters. The quantitative estimate of drug-likeness (QED) is 0.224. The fraction of sp³-hybridized carbons (Fsp3) is 0.692. The predicted octanol–water partition coefficient (Wildman–Crippen LogP) is 8.49. The first-order chi connectivity index (χ1) is 14.7. The van der Waals surface area contributed by atoms with Crippen LogP contribution in [0.4, 0.5) is 79.0 Å². The summed E-state index contributed by atoms with van der Waals surface area (Å²) in [4.78, 5) is 0. The molecule has 2 bridgehead atoms. The van der Waals surface area contributed by atoms with Gasteiger partial charge in [0.25, 0.3) is 0 Å². The standard InChI is InChI=1S/C13H4F18OP2/c1-32-7(13(29,30)31)6(12(26,27)28)33-2(8(14,15)16)4(10(20,21)22)34(7)5(11(23,24)25)3(33)9(17,18)19/h6H,1H3/t6-,7+,33?,34?/m1/s1. The smallest absolute Gasteiger partial charge is 0.363 e. The summed E-state index contributed by atoms with van der Waals surface area (Å²) in [5.74, 6) is 0. The van der Waals surface area contributed by atoms with Gasteiger partial charge in [0.1, 0.15) is 5.66 Å². The summed E-state index contributed by atoms with van der Waals surface area (Å²) in [6, 6.07) is 0. The first-order valence-corrected chi connectivity index (χ1v) is 10.5. The molecule has 0 aromatic carbocycles. The third-order valence-electron chi connectivity index (χ3n) is 4.44. The number of fused-ring (bicyclic) bond motifs is 1. The number of rotatable bonds is 1. The maximum Gasteiger partial charge on any atom is 0.423 e. The predicted molar refractivity (Wildman–Crippen MR) is 77.8 cm³/mol. The van der Waals surface area contributed by atoms with Crippen LogP contribution in [0.1, 0.15) is 0 Å². The van der Waals surface area contributed by atoms with E-state index in [-0.39, 0.29) is 0 Å². The summed E-state index contributed by atoms with van der Waals surface area (Å²) in [5, 5.41) is -20.9. The Morgan fingerprint density at radius 2 is 0.853 bits per heavy atom. The number of methoxy groups -OCH3 is 1. The van der Waals surface area contributed by atoms with E-state index in [1.54, 1.807) is 0 Å². The van der Waals surface area contributed by atoms with Gasteiger partial charge in [0.15, 0.2) is 0 Å². The van der Waals surface area contributed by atoms with Crippen molar-refractivity contribution in [1.82, 2.24) is 0 Å². The molecule has 0 N–H and O–H groups in total. The van der Waals surface area contributed by atoms with E-state index in [9.17, 15) is 79.0 Å². The molecule has 0 aliphatic carbocycles. The van der Waals surface area contributed by atoms with Gasteiger partial charge in [-0.25, -0.2) is 0 Å². The lowest BCUT2D eigenvalue weighted by Gasteiger charge is -2.58. The number of allylic oxidation sites excluding steroid dienone is 4. The van der Waals surface area contributed by atoms with Gasteiger partial charge >= 0.3 is 37.1 Å². The molecule has 0 aromatic rings. The largest absolute Gasteiger partial charge is 0.423 e. The van der Waals surface area contributed by atoms with Gasteiger partial charge in [0, 0.05) is 15.0 Å².